The van der Waals surface area contributed by atoms with E-state index in [4.69, 9.17) is 4.42 Å². The van der Waals surface area contributed by atoms with Crippen molar-refractivity contribution in [2.24, 2.45) is 13.0 Å². The van der Waals surface area contributed by atoms with Crippen LogP contribution < -0.4 is 5.32 Å². The maximum absolute atomic E-state index is 13.2. The summed E-state index contributed by atoms with van der Waals surface area (Å²) in [5.74, 6) is -0.0639. The lowest BCUT2D eigenvalue weighted by molar-refractivity contribution is -0.129. The van der Waals surface area contributed by atoms with Gasteiger partial charge in [-0.05, 0) is 26.0 Å². The quantitative estimate of drug-likeness (QED) is 0.719. The molecule has 0 bridgehead atoms. The Morgan fingerprint density at radius 2 is 2.17 bits per heavy atom. The Kier molecular flexibility index (Phi) is 4.92. The summed E-state index contributed by atoms with van der Waals surface area (Å²) in [7, 11) is 1.86. The number of nitrogens with zero attached hydrogens (tertiary/aromatic N) is 4. The number of aryl methyl sites for hydroxylation is 1. The van der Waals surface area contributed by atoms with Crippen LogP contribution in [-0.2, 0) is 16.6 Å². The number of hydrogen-bond acceptors (Lipinski definition) is 5. The second-order valence-corrected chi connectivity index (χ2v) is 7.18. The van der Waals surface area contributed by atoms with E-state index in [2.05, 4.69) is 15.4 Å². The van der Waals surface area contributed by atoms with Crippen LogP contribution in [0.15, 0.2) is 47.5 Å². The monoisotopic (exact) mass is 393 g/mol. The van der Waals surface area contributed by atoms with Gasteiger partial charge in [0.25, 0.3) is 0 Å². The van der Waals surface area contributed by atoms with Crippen molar-refractivity contribution in [3.05, 3.63) is 54.3 Å². The molecule has 0 spiro atoms. The molecule has 0 unspecified atom stereocenters. The van der Waals surface area contributed by atoms with Crippen molar-refractivity contribution in [3.63, 3.8) is 0 Å². The molecule has 0 aliphatic carbocycles. The van der Waals surface area contributed by atoms with Crippen LogP contribution in [0.5, 0.6) is 0 Å². The summed E-state index contributed by atoms with van der Waals surface area (Å²) in [6.07, 6.45) is 4.92. The highest BCUT2D eigenvalue weighted by Gasteiger charge is 2.45. The Hall–Kier alpha value is -3.42. The van der Waals surface area contributed by atoms with Crippen LogP contribution in [0.1, 0.15) is 30.6 Å². The third-order valence-electron chi connectivity index (χ3n) is 5.55. The predicted molar refractivity (Wildman–Crippen MR) is 107 cm³/mol. The molecule has 29 heavy (non-hydrogen) atoms. The van der Waals surface area contributed by atoms with Gasteiger partial charge in [0.05, 0.1) is 24.4 Å². The highest BCUT2D eigenvalue weighted by atomic mass is 16.3. The number of carbonyl (C=O) groups excluding carboxylic acids is 2. The van der Waals surface area contributed by atoms with Crippen molar-refractivity contribution >= 4 is 17.5 Å². The summed E-state index contributed by atoms with van der Waals surface area (Å²) in [4.78, 5) is 31.4. The molecule has 1 aliphatic heterocycles. The van der Waals surface area contributed by atoms with E-state index in [9.17, 15) is 9.59 Å². The molecule has 3 heterocycles. The van der Waals surface area contributed by atoms with Gasteiger partial charge in [-0.15, -0.1) is 0 Å². The largest absolute Gasteiger partial charge is 0.444 e. The molecule has 0 radical (unpaired) electrons. The molecule has 8 nitrogen and oxygen atoms in total. The van der Waals surface area contributed by atoms with Crippen molar-refractivity contribution in [2.75, 3.05) is 11.9 Å². The first kappa shape index (κ1) is 18.9. The normalized spacial score (nSPS) is 19.0. The Morgan fingerprint density at radius 3 is 2.83 bits per heavy atom. The molecule has 0 saturated carbocycles. The number of aromatic nitrogens is 3. The van der Waals surface area contributed by atoms with E-state index in [0.29, 0.717) is 18.0 Å². The highest BCUT2D eigenvalue weighted by molar-refractivity contribution is 5.98. The van der Waals surface area contributed by atoms with Crippen LogP contribution >= 0.6 is 0 Å². The number of benzene rings is 1. The third-order valence-corrected chi connectivity index (χ3v) is 5.55. The molecule has 2 amide bonds. The molecule has 2 aromatic heterocycles. The lowest BCUT2D eigenvalue weighted by Gasteiger charge is -2.26. The summed E-state index contributed by atoms with van der Waals surface area (Å²) in [5, 5.41) is 7.27. The first-order chi connectivity index (χ1) is 14.0. The lowest BCUT2D eigenvalue weighted by Crippen LogP contribution is -2.32. The van der Waals surface area contributed by atoms with Gasteiger partial charge in [0.2, 0.25) is 11.8 Å². The fraction of sp³-hybridized carbons (Fsp3) is 0.333. The Bertz CT molecular complexity index is 1040. The van der Waals surface area contributed by atoms with Crippen molar-refractivity contribution in [2.45, 2.75) is 26.3 Å². The van der Waals surface area contributed by atoms with Gasteiger partial charge >= 0.3 is 0 Å². The maximum atomic E-state index is 13.2. The number of nitrogens with one attached hydrogen (secondary N) is 1. The molecule has 8 heteroatoms. The molecule has 2 atom stereocenters. The summed E-state index contributed by atoms with van der Waals surface area (Å²) in [6, 6.07) is 7.05. The number of oxazole rings is 1. The zero-order valence-electron chi connectivity index (χ0n) is 16.6. The number of carbonyl (C=O) groups is 2. The molecule has 150 valence electrons. The summed E-state index contributed by atoms with van der Waals surface area (Å²) >= 11 is 0. The molecule has 4 rings (SSSR count). The average molecular weight is 393 g/mol. The van der Waals surface area contributed by atoms with Gasteiger partial charge in [0, 0.05) is 42.5 Å². The van der Waals surface area contributed by atoms with Crippen molar-refractivity contribution in [1.82, 2.24) is 19.7 Å². The van der Waals surface area contributed by atoms with Crippen LogP contribution in [0, 0.1) is 12.8 Å². The minimum absolute atomic E-state index is 0.0173. The van der Waals surface area contributed by atoms with Crippen LogP contribution in [0.2, 0.25) is 0 Å². The van der Waals surface area contributed by atoms with E-state index in [-0.39, 0.29) is 24.3 Å². The number of likely N-dealkylation sites (tertiary alicyclic amines) is 1. The van der Waals surface area contributed by atoms with Gasteiger partial charge in [-0.1, -0.05) is 12.1 Å². The first-order valence-corrected chi connectivity index (χ1v) is 9.57. The van der Waals surface area contributed by atoms with Crippen LogP contribution in [0.3, 0.4) is 0 Å². The van der Waals surface area contributed by atoms with Gasteiger partial charge in [-0.2, -0.15) is 5.10 Å². The minimum atomic E-state index is -0.487. The molecular formula is C21H23N5O3. The Labute approximate surface area is 168 Å². The van der Waals surface area contributed by atoms with E-state index >= 15 is 0 Å². The second kappa shape index (κ2) is 7.54. The third kappa shape index (κ3) is 3.41. The summed E-state index contributed by atoms with van der Waals surface area (Å²) in [6.45, 7) is 4.43. The topological polar surface area (TPSA) is 93.3 Å². The number of hydrogen-bond donors (Lipinski definition) is 1. The van der Waals surface area contributed by atoms with Gasteiger partial charge in [0.15, 0.2) is 12.2 Å². The molecule has 1 saturated heterocycles. The molecule has 1 aliphatic rings. The lowest BCUT2D eigenvalue weighted by atomic mass is 9.93. The van der Waals surface area contributed by atoms with Crippen molar-refractivity contribution < 1.29 is 14.0 Å². The standard InChI is InChI=1S/C21H23N5O3/c1-4-26-19(27)9-16(20(26)17-10-23-25(3)13(17)2)21(28)24-15-7-5-6-14(8-15)18-11-22-12-29-18/h5-8,10-12,16,20H,4,9H2,1-3H3,(H,24,28)/t16-,20-/m0/s1. The zero-order chi connectivity index (χ0) is 20.5. The fourth-order valence-corrected chi connectivity index (χ4v) is 3.93. The van der Waals surface area contributed by atoms with E-state index in [1.165, 1.54) is 6.39 Å². The summed E-state index contributed by atoms with van der Waals surface area (Å²) in [5.41, 5.74) is 3.33. The fourth-order valence-electron chi connectivity index (χ4n) is 3.93. The molecule has 3 aromatic rings. The van der Waals surface area contributed by atoms with E-state index in [0.717, 1.165) is 16.8 Å². The van der Waals surface area contributed by atoms with E-state index in [1.807, 2.05) is 45.2 Å². The molecule has 1 N–H and O–H groups in total. The van der Waals surface area contributed by atoms with Crippen LogP contribution in [-0.4, -0.2) is 38.0 Å². The molecule has 1 aromatic carbocycles. The summed E-state index contributed by atoms with van der Waals surface area (Å²) < 4.78 is 7.09. The van der Waals surface area contributed by atoms with Gasteiger partial charge in [0.1, 0.15) is 0 Å². The van der Waals surface area contributed by atoms with Crippen LogP contribution in [0.25, 0.3) is 11.3 Å². The Balaban J connectivity index is 1.61. The average Bonchev–Trinajstić information content (AvgIpc) is 3.43. The van der Waals surface area contributed by atoms with Crippen molar-refractivity contribution in [1.29, 1.82) is 0 Å². The van der Waals surface area contributed by atoms with Gasteiger partial charge < -0.3 is 14.6 Å². The molecule has 1 fully saturated rings. The van der Waals surface area contributed by atoms with E-state index < -0.39 is 5.92 Å². The second-order valence-electron chi connectivity index (χ2n) is 7.18. The first-order valence-electron chi connectivity index (χ1n) is 9.57. The van der Waals surface area contributed by atoms with Crippen LogP contribution in [0.4, 0.5) is 5.69 Å². The Morgan fingerprint density at radius 1 is 1.34 bits per heavy atom. The highest BCUT2D eigenvalue weighted by Crippen LogP contribution is 2.39. The minimum Gasteiger partial charge on any atom is -0.444 e. The van der Waals surface area contributed by atoms with Crippen molar-refractivity contribution in [3.8, 4) is 11.3 Å². The number of rotatable bonds is 5. The SMILES string of the molecule is CCN1C(=O)C[C@H](C(=O)Nc2cccc(-c3cnco3)c2)[C@H]1c1cnn(C)c1C. The van der Waals surface area contributed by atoms with Gasteiger partial charge in [-0.3, -0.25) is 14.3 Å². The number of amides is 2. The number of anilines is 1. The molecular weight excluding hydrogens is 370 g/mol. The zero-order valence-corrected chi connectivity index (χ0v) is 16.6. The smallest absolute Gasteiger partial charge is 0.230 e. The predicted octanol–water partition coefficient (Wildman–Crippen LogP) is 2.93. The maximum Gasteiger partial charge on any atom is 0.230 e. The van der Waals surface area contributed by atoms with Gasteiger partial charge in [-0.25, -0.2) is 4.98 Å². The van der Waals surface area contributed by atoms with E-state index in [1.54, 1.807) is 22.0 Å².